The Bertz CT molecular complexity index is 552. The summed E-state index contributed by atoms with van der Waals surface area (Å²) in [5.74, 6) is 0.258. The maximum atomic E-state index is 12.1. The second kappa shape index (κ2) is 5.47. The van der Waals surface area contributed by atoms with Gasteiger partial charge in [0, 0.05) is 6.54 Å². The maximum Gasteiger partial charge on any atom is 0.240 e. The number of nitrogens with one attached hydrogen (secondary N) is 1. The zero-order valence-corrected chi connectivity index (χ0v) is 13.1. The summed E-state index contributed by atoms with van der Waals surface area (Å²) in [6.45, 7) is 6.68. The van der Waals surface area contributed by atoms with E-state index in [0.717, 1.165) is 5.56 Å². The van der Waals surface area contributed by atoms with Crippen LogP contribution in [0.25, 0.3) is 0 Å². The van der Waals surface area contributed by atoms with Crippen LogP contribution in [0.5, 0.6) is 0 Å². The zero-order chi connectivity index (χ0) is 15.0. The molecular formula is C15H23NO3S. The van der Waals surface area contributed by atoms with E-state index in [9.17, 15) is 13.5 Å². The maximum absolute atomic E-state index is 12.1. The predicted molar refractivity (Wildman–Crippen MR) is 79.1 cm³/mol. The van der Waals surface area contributed by atoms with Crippen molar-refractivity contribution in [3.05, 3.63) is 29.8 Å². The van der Waals surface area contributed by atoms with E-state index in [2.05, 4.69) is 25.5 Å². The average molecular weight is 297 g/mol. The van der Waals surface area contributed by atoms with Gasteiger partial charge >= 0.3 is 0 Å². The van der Waals surface area contributed by atoms with Gasteiger partial charge in [-0.2, -0.15) is 0 Å². The van der Waals surface area contributed by atoms with Gasteiger partial charge in [-0.3, -0.25) is 0 Å². The van der Waals surface area contributed by atoms with Crippen molar-refractivity contribution in [1.29, 1.82) is 0 Å². The Morgan fingerprint density at radius 1 is 1.20 bits per heavy atom. The Kier molecular flexibility index (Phi) is 4.23. The molecule has 1 saturated carbocycles. The number of aliphatic hydroxyl groups excluding tert-OH is 1. The highest BCUT2D eigenvalue weighted by atomic mass is 32.2. The van der Waals surface area contributed by atoms with Crippen LogP contribution in [0.15, 0.2) is 29.2 Å². The molecule has 0 radical (unpaired) electrons. The van der Waals surface area contributed by atoms with Gasteiger partial charge in [-0.1, -0.05) is 32.9 Å². The molecule has 0 heterocycles. The first-order chi connectivity index (χ1) is 9.18. The lowest BCUT2D eigenvalue weighted by atomic mass is 9.83. The first-order valence-electron chi connectivity index (χ1n) is 6.97. The van der Waals surface area contributed by atoms with Crippen molar-refractivity contribution in [3.8, 4) is 0 Å². The van der Waals surface area contributed by atoms with Gasteiger partial charge in [0.1, 0.15) is 0 Å². The highest BCUT2D eigenvalue weighted by molar-refractivity contribution is 7.89. The standard InChI is InChI=1S/C15H23NO3S/c1-15(2,3)12-4-6-14(7-5-12)20(18,19)16-10-11-8-13(17)9-11/h4-7,11,13,16-17H,8-10H2,1-3H3. The highest BCUT2D eigenvalue weighted by Crippen LogP contribution is 2.27. The largest absolute Gasteiger partial charge is 0.393 e. The van der Waals surface area contributed by atoms with E-state index in [4.69, 9.17) is 0 Å². The Morgan fingerprint density at radius 2 is 1.75 bits per heavy atom. The average Bonchev–Trinajstić information content (AvgIpc) is 2.32. The number of sulfonamides is 1. The van der Waals surface area contributed by atoms with Gasteiger partial charge in [0.05, 0.1) is 11.0 Å². The molecular weight excluding hydrogens is 274 g/mol. The fourth-order valence-corrected chi connectivity index (χ4v) is 3.43. The molecule has 0 amide bonds. The number of hydrogen-bond acceptors (Lipinski definition) is 3. The summed E-state index contributed by atoms with van der Waals surface area (Å²) in [5.41, 5.74) is 1.12. The van der Waals surface area contributed by atoms with Crippen molar-refractivity contribution < 1.29 is 13.5 Å². The van der Waals surface area contributed by atoms with Gasteiger partial charge in [-0.25, -0.2) is 13.1 Å². The molecule has 0 saturated heterocycles. The molecule has 112 valence electrons. The summed E-state index contributed by atoms with van der Waals surface area (Å²) in [4.78, 5) is 0.297. The molecule has 2 N–H and O–H groups in total. The third-order valence-electron chi connectivity index (χ3n) is 3.80. The third-order valence-corrected chi connectivity index (χ3v) is 5.24. The molecule has 1 aliphatic carbocycles. The summed E-state index contributed by atoms with van der Waals surface area (Å²) in [6.07, 6.45) is 1.12. The van der Waals surface area contributed by atoms with E-state index in [1.54, 1.807) is 12.1 Å². The molecule has 1 aromatic carbocycles. The van der Waals surface area contributed by atoms with E-state index in [1.165, 1.54) is 0 Å². The number of benzene rings is 1. The van der Waals surface area contributed by atoms with Crippen molar-refractivity contribution in [1.82, 2.24) is 4.72 Å². The van der Waals surface area contributed by atoms with Crippen LogP contribution in [-0.2, 0) is 15.4 Å². The van der Waals surface area contributed by atoms with Crippen LogP contribution >= 0.6 is 0 Å². The third kappa shape index (κ3) is 3.59. The van der Waals surface area contributed by atoms with Gasteiger partial charge in [0.25, 0.3) is 0 Å². The SMILES string of the molecule is CC(C)(C)c1ccc(S(=O)(=O)NCC2CC(O)C2)cc1. The van der Waals surface area contributed by atoms with Crippen LogP contribution in [0.2, 0.25) is 0 Å². The van der Waals surface area contributed by atoms with Crippen molar-refractivity contribution in [2.24, 2.45) is 5.92 Å². The summed E-state index contributed by atoms with van der Waals surface area (Å²) in [5, 5.41) is 9.19. The molecule has 20 heavy (non-hydrogen) atoms. The minimum Gasteiger partial charge on any atom is -0.393 e. The number of hydrogen-bond donors (Lipinski definition) is 2. The molecule has 1 aliphatic rings. The van der Waals surface area contributed by atoms with E-state index in [0.29, 0.717) is 24.3 Å². The Labute approximate surface area is 121 Å². The molecule has 2 rings (SSSR count). The van der Waals surface area contributed by atoms with Gasteiger partial charge in [-0.05, 0) is 41.9 Å². The van der Waals surface area contributed by atoms with Crippen LogP contribution in [-0.4, -0.2) is 26.2 Å². The highest BCUT2D eigenvalue weighted by Gasteiger charge is 2.28. The van der Waals surface area contributed by atoms with Gasteiger partial charge in [0.2, 0.25) is 10.0 Å². The van der Waals surface area contributed by atoms with E-state index < -0.39 is 10.0 Å². The molecule has 4 nitrogen and oxygen atoms in total. The van der Waals surface area contributed by atoms with Crippen molar-refractivity contribution in [2.45, 2.75) is 50.0 Å². The lowest BCUT2D eigenvalue weighted by molar-refractivity contribution is 0.0453. The quantitative estimate of drug-likeness (QED) is 0.893. The fraction of sp³-hybridized carbons (Fsp3) is 0.600. The summed E-state index contributed by atoms with van der Waals surface area (Å²) in [6, 6.07) is 7.03. The summed E-state index contributed by atoms with van der Waals surface area (Å²) in [7, 11) is -3.44. The van der Waals surface area contributed by atoms with Gasteiger partial charge in [0.15, 0.2) is 0 Å². The van der Waals surface area contributed by atoms with Crippen LogP contribution in [0, 0.1) is 5.92 Å². The Hall–Kier alpha value is -0.910. The Morgan fingerprint density at radius 3 is 2.20 bits per heavy atom. The molecule has 0 aromatic heterocycles. The molecule has 1 fully saturated rings. The first kappa shape index (κ1) is 15.5. The summed E-state index contributed by atoms with van der Waals surface area (Å²) >= 11 is 0. The van der Waals surface area contributed by atoms with Crippen molar-refractivity contribution in [2.75, 3.05) is 6.54 Å². The van der Waals surface area contributed by atoms with E-state index in [1.807, 2.05) is 12.1 Å². The lowest BCUT2D eigenvalue weighted by Gasteiger charge is -2.31. The van der Waals surface area contributed by atoms with Crippen molar-refractivity contribution in [3.63, 3.8) is 0 Å². The Balaban J connectivity index is 2.02. The monoisotopic (exact) mass is 297 g/mol. The molecule has 5 heteroatoms. The van der Waals surface area contributed by atoms with Crippen LogP contribution < -0.4 is 4.72 Å². The van der Waals surface area contributed by atoms with Crippen LogP contribution in [0.1, 0.15) is 39.2 Å². The van der Waals surface area contributed by atoms with Crippen LogP contribution in [0.3, 0.4) is 0 Å². The minimum atomic E-state index is -3.44. The first-order valence-corrected chi connectivity index (χ1v) is 8.45. The second-order valence-electron chi connectivity index (χ2n) is 6.62. The topological polar surface area (TPSA) is 66.4 Å². The van der Waals surface area contributed by atoms with E-state index >= 15 is 0 Å². The van der Waals surface area contributed by atoms with Crippen molar-refractivity contribution >= 4 is 10.0 Å². The minimum absolute atomic E-state index is 0.0117. The van der Waals surface area contributed by atoms with E-state index in [-0.39, 0.29) is 17.4 Å². The molecule has 0 aliphatic heterocycles. The predicted octanol–water partition coefficient (Wildman–Crippen LogP) is 2.03. The van der Waals surface area contributed by atoms with Crippen LogP contribution in [0.4, 0.5) is 0 Å². The number of aliphatic hydroxyl groups is 1. The van der Waals surface area contributed by atoms with Gasteiger partial charge in [-0.15, -0.1) is 0 Å². The lowest BCUT2D eigenvalue weighted by Crippen LogP contribution is -2.38. The molecule has 0 unspecified atom stereocenters. The fourth-order valence-electron chi connectivity index (χ4n) is 2.31. The molecule has 0 bridgehead atoms. The zero-order valence-electron chi connectivity index (χ0n) is 12.3. The smallest absolute Gasteiger partial charge is 0.240 e. The summed E-state index contributed by atoms with van der Waals surface area (Å²) < 4.78 is 26.9. The molecule has 0 atom stereocenters. The normalized spacial score (nSPS) is 23.4. The number of rotatable bonds is 4. The second-order valence-corrected chi connectivity index (χ2v) is 8.38. The molecule has 0 spiro atoms. The molecule has 1 aromatic rings. The van der Waals surface area contributed by atoms with Gasteiger partial charge < -0.3 is 5.11 Å².